The summed E-state index contributed by atoms with van der Waals surface area (Å²) in [4.78, 5) is 11.9. The molecule has 2 aromatic rings. The summed E-state index contributed by atoms with van der Waals surface area (Å²) in [5.74, 6) is -1.18. The molecule has 0 aliphatic rings. The summed E-state index contributed by atoms with van der Waals surface area (Å²) < 4.78 is 54.6. The molecule has 0 heterocycles. The Morgan fingerprint density at radius 1 is 0.929 bits per heavy atom. The Balaban J connectivity index is 1.80. The molecule has 0 fully saturated rings. The van der Waals surface area contributed by atoms with Crippen LogP contribution in [-0.2, 0) is 20.9 Å². The average Bonchev–Trinajstić information content (AvgIpc) is 2.69. The standard InChI is InChI=1S/C20H21F3O5/c21-20(22,23)19(25,18(24)28-14-16-8-3-1-4-9-16)15-26-12-7-13-27-17-10-5-2-6-11-17/h1-6,8-11,25H,7,12-15H2. The van der Waals surface area contributed by atoms with Gasteiger partial charge in [0, 0.05) is 13.0 Å². The van der Waals surface area contributed by atoms with Gasteiger partial charge in [-0.05, 0) is 17.7 Å². The zero-order chi connectivity index (χ0) is 20.5. The minimum absolute atomic E-state index is 0.128. The number of benzene rings is 2. The van der Waals surface area contributed by atoms with Gasteiger partial charge in [-0.3, -0.25) is 0 Å². The lowest BCUT2D eigenvalue weighted by atomic mass is 10.1. The first-order valence-corrected chi connectivity index (χ1v) is 8.59. The van der Waals surface area contributed by atoms with Crippen molar-refractivity contribution in [2.75, 3.05) is 19.8 Å². The number of para-hydroxylation sites is 1. The Hall–Kier alpha value is -2.58. The number of alkyl halides is 3. The molecule has 0 saturated heterocycles. The van der Waals surface area contributed by atoms with Crippen LogP contribution >= 0.6 is 0 Å². The van der Waals surface area contributed by atoms with E-state index in [2.05, 4.69) is 4.74 Å². The largest absolute Gasteiger partial charge is 0.494 e. The Morgan fingerprint density at radius 2 is 1.54 bits per heavy atom. The number of carbonyl (C=O) groups excluding carboxylic acids is 1. The third-order valence-corrected chi connectivity index (χ3v) is 3.78. The fraction of sp³-hybridized carbons (Fsp3) is 0.350. The number of aliphatic hydroxyl groups is 1. The fourth-order valence-corrected chi connectivity index (χ4v) is 2.19. The van der Waals surface area contributed by atoms with Gasteiger partial charge in [0.25, 0.3) is 5.60 Å². The van der Waals surface area contributed by atoms with E-state index >= 15 is 0 Å². The lowest BCUT2D eigenvalue weighted by Gasteiger charge is -2.28. The van der Waals surface area contributed by atoms with Crippen LogP contribution in [0.25, 0.3) is 0 Å². The predicted molar refractivity (Wildman–Crippen MR) is 94.6 cm³/mol. The Labute approximate surface area is 160 Å². The van der Waals surface area contributed by atoms with Crippen LogP contribution in [-0.4, -0.2) is 42.7 Å². The normalized spacial score (nSPS) is 13.6. The maximum atomic E-state index is 13.2. The average molecular weight is 398 g/mol. The number of rotatable bonds is 10. The number of hydrogen-bond donors (Lipinski definition) is 1. The Bertz CT molecular complexity index is 722. The first-order chi connectivity index (χ1) is 13.3. The molecule has 152 valence electrons. The third kappa shape index (κ3) is 6.24. The highest BCUT2D eigenvalue weighted by Gasteiger charge is 2.61. The van der Waals surface area contributed by atoms with Gasteiger partial charge in [0.15, 0.2) is 0 Å². The Kier molecular flexibility index (Phi) is 7.83. The van der Waals surface area contributed by atoms with E-state index in [1.807, 2.05) is 6.07 Å². The van der Waals surface area contributed by atoms with E-state index in [1.54, 1.807) is 54.6 Å². The smallest absolute Gasteiger partial charge is 0.430 e. The summed E-state index contributed by atoms with van der Waals surface area (Å²) in [7, 11) is 0. The number of hydrogen-bond acceptors (Lipinski definition) is 5. The van der Waals surface area contributed by atoms with Crippen LogP contribution in [0.3, 0.4) is 0 Å². The van der Waals surface area contributed by atoms with Gasteiger partial charge in [-0.25, -0.2) is 4.79 Å². The number of esters is 1. The van der Waals surface area contributed by atoms with E-state index < -0.39 is 24.4 Å². The summed E-state index contributed by atoms with van der Waals surface area (Å²) >= 11 is 0. The summed E-state index contributed by atoms with van der Waals surface area (Å²) in [5, 5.41) is 9.87. The molecule has 0 aliphatic heterocycles. The van der Waals surface area contributed by atoms with Crippen molar-refractivity contribution in [1.29, 1.82) is 0 Å². The molecular weight excluding hydrogens is 377 g/mol. The van der Waals surface area contributed by atoms with Gasteiger partial charge in [-0.15, -0.1) is 0 Å². The zero-order valence-electron chi connectivity index (χ0n) is 15.0. The van der Waals surface area contributed by atoms with Gasteiger partial charge >= 0.3 is 12.1 Å². The van der Waals surface area contributed by atoms with Crippen molar-refractivity contribution in [2.24, 2.45) is 0 Å². The predicted octanol–water partition coefficient (Wildman–Crippen LogP) is 3.51. The van der Waals surface area contributed by atoms with Gasteiger partial charge in [0.05, 0.1) is 13.2 Å². The van der Waals surface area contributed by atoms with Gasteiger partial charge in [0.2, 0.25) is 0 Å². The van der Waals surface area contributed by atoms with Crippen LogP contribution in [0.5, 0.6) is 5.75 Å². The number of halogens is 3. The van der Waals surface area contributed by atoms with E-state index in [0.29, 0.717) is 11.3 Å². The second-order valence-electron chi connectivity index (χ2n) is 5.99. The highest BCUT2D eigenvalue weighted by Crippen LogP contribution is 2.32. The van der Waals surface area contributed by atoms with Crippen molar-refractivity contribution < 1.29 is 37.3 Å². The maximum absolute atomic E-state index is 13.2. The molecule has 8 heteroatoms. The first kappa shape index (κ1) is 21.7. The highest BCUT2D eigenvalue weighted by molar-refractivity contribution is 5.80. The summed E-state index contributed by atoms with van der Waals surface area (Å²) in [6, 6.07) is 17.1. The lowest BCUT2D eigenvalue weighted by Crippen LogP contribution is -2.56. The molecule has 5 nitrogen and oxygen atoms in total. The molecule has 2 rings (SSSR count). The minimum Gasteiger partial charge on any atom is -0.494 e. The van der Waals surface area contributed by atoms with E-state index in [9.17, 15) is 23.1 Å². The SMILES string of the molecule is O=C(OCc1ccccc1)C(O)(COCCCOc1ccccc1)C(F)(F)F. The van der Waals surface area contributed by atoms with Crippen LogP contribution < -0.4 is 4.74 Å². The van der Waals surface area contributed by atoms with Crippen molar-refractivity contribution in [3.63, 3.8) is 0 Å². The lowest BCUT2D eigenvalue weighted by molar-refractivity contribution is -0.275. The molecule has 0 aromatic heterocycles. The van der Waals surface area contributed by atoms with Crippen LogP contribution in [0.4, 0.5) is 13.2 Å². The molecule has 0 radical (unpaired) electrons. The van der Waals surface area contributed by atoms with E-state index in [-0.39, 0.29) is 26.2 Å². The first-order valence-electron chi connectivity index (χ1n) is 8.59. The zero-order valence-corrected chi connectivity index (χ0v) is 15.0. The van der Waals surface area contributed by atoms with Crippen LogP contribution in [0.2, 0.25) is 0 Å². The van der Waals surface area contributed by atoms with Crippen LogP contribution in [0, 0.1) is 0 Å². The van der Waals surface area contributed by atoms with Gasteiger partial charge in [-0.2, -0.15) is 13.2 Å². The molecule has 0 amide bonds. The molecule has 0 aliphatic carbocycles. The van der Waals surface area contributed by atoms with E-state index in [1.165, 1.54) is 0 Å². The van der Waals surface area contributed by atoms with Crippen molar-refractivity contribution in [1.82, 2.24) is 0 Å². The minimum atomic E-state index is -5.23. The Morgan fingerprint density at radius 3 is 2.14 bits per heavy atom. The quantitative estimate of drug-likeness (QED) is 0.490. The number of carbonyl (C=O) groups is 1. The van der Waals surface area contributed by atoms with E-state index in [0.717, 1.165) is 0 Å². The highest BCUT2D eigenvalue weighted by atomic mass is 19.4. The van der Waals surface area contributed by atoms with Gasteiger partial charge in [0.1, 0.15) is 12.4 Å². The van der Waals surface area contributed by atoms with Crippen LogP contribution in [0.1, 0.15) is 12.0 Å². The summed E-state index contributed by atoms with van der Waals surface area (Å²) in [6.45, 7) is -1.55. The van der Waals surface area contributed by atoms with Crippen molar-refractivity contribution >= 4 is 5.97 Å². The number of ether oxygens (including phenoxy) is 3. The van der Waals surface area contributed by atoms with Crippen LogP contribution in [0.15, 0.2) is 60.7 Å². The molecule has 1 unspecified atom stereocenters. The van der Waals surface area contributed by atoms with Crippen molar-refractivity contribution in [3.05, 3.63) is 66.2 Å². The monoisotopic (exact) mass is 398 g/mol. The van der Waals surface area contributed by atoms with Crippen molar-refractivity contribution in [3.8, 4) is 5.75 Å². The molecule has 0 saturated carbocycles. The maximum Gasteiger partial charge on any atom is 0.430 e. The van der Waals surface area contributed by atoms with E-state index in [4.69, 9.17) is 9.47 Å². The van der Waals surface area contributed by atoms with Gasteiger partial charge in [-0.1, -0.05) is 48.5 Å². The molecule has 1 atom stereocenters. The fourth-order valence-electron chi connectivity index (χ4n) is 2.19. The molecule has 0 bridgehead atoms. The topological polar surface area (TPSA) is 65.0 Å². The molecule has 2 aromatic carbocycles. The molecular formula is C20H21F3O5. The second kappa shape index (κ2) is 10.1. The summed E-state index contributed by atoms with van der Waals surface area (Å²) in [6.07, 6.45) is -4.96. The third-order valence-electron chi connectivity index (χ3n) is 3.78. The second-order valence-corrected chi connectivity index (χ2v) is 5.99. The van der Waals surface area contributed by atoms with Crippen molar-refractivity contribution in [2.45, 2.75) is 24.8 Å². The summed E-state index contributed by atoms with van der Waals surface area (Å²) in [5.41, 5.74) is -3.23. The van der Waals surface area contributed by atoms with Gasteiger partial charge < -0.3 is 19.3 Å². The molecule has 0 spiro atoms. The molecule has 1 N–H and O–H groups in total. The molecule has 28 heavy (non-hydrogen) atoms.